The molecule has 4 aromatic rings. The number of fused-ring (bicyclic) bond motifs is 2. The minimum absolute atomic E-state index is 0.117. The van der Waals surface area contributed by atoms with Gasteiger partial charge in [-0.2, -0.15) is 0 Å². The number of H-pyrrole nitrogens is 1. The van der Waals surface area contributed by atoms with Gasteiger partial charge in [-0.1, -0.05) is 43.5 Å². The maximum absolute atomic E-state index is 11.6. The predicted octanol–water partition coefficient (Wildman–Crippen LogP) is 5.76. The van der Waals surface area contributed by atoms with E-state index in [1.54, 1.807) is 36.4 Å². The van der Waals surface area contributed by atoms with E-state index in [0.29, 0.717) is 26.3 Å². The van der Waals surface area contributed by atoms with Crippen LogP contribution in [-0.4, -0.2) is 19.8 Å². The van der Waals surface area contributed by atoms with Crippen LogP contribution in [0.2, 0.25) is 5.02 Å². The lowest BCUT2D eigenvalue weighted by molar-refractivity contribution is -0.386. The number of aromatic nitrogens is 2. The molecule has 0 aliphatic carbocycles. The minimum Gasteiger partial charge on any atom is -0.355 e. The number of hydrogen-bond acceptors (Lipinski definition) is 6. The van der Waals surface area contributed by atoms with E-state index in [9.17, 15) is 25.0 Å². The van der Waals surface area contributed by atoms with Gasteiger partial charge in [-0.05, 0) is 36.4 Å². The van der Waals surface area contributed by atoms with E-state index in [4.69, 9.17) is 11.6 Å². The van der Waals surface area contributed by atoms with Gasteiger partial charge in [0.05, 0.1) is 26.9 Å². The van der Waals surface area contributed by atoms with Crippen molar-refractivity contribution in [3.05, 3.63) is 93.2 Å². The molecular formula is C18H9Br2ClN4O5. The van der Waals surface area contributed by atoms with Crippen molar-refractivity contribution in [3.63, 3.8) is 0 Å². The molecule has 0 radical (unpaired) electrons. The zero-order valence-electron chi connectivity index (χ0n) is 14.6. The summed E-state index contributed by atoms with van der Waals surface area (Å²) in [7, 11) is 0. The monoisotopic (exact) mass is 554 g/mol. The van der Waals surface area contributed by atoms with Gasteiger partial charge in [0.2, 0.25) is 0 Å². The number of halogens is 3. The topological polar surface area (TPSA) is 132 Å². The van der Waals surface area contributed by atoms with Gasteiger partial charge in [-0.15, -0.1) is 0 Å². The van der Waals surface area contributed by atoms with Crippen LogP contribution in [0.4, 0.5) is 11.4 Å². The summed E-state index contributed by atoms with van der Waals surface area (Å²) in [5, 5.41) is 22.1. The molecule has 0 spiro atoms. The SMILES string of the molecule is O=[N+]([O-])c1cnc2ccc(Br)cc2c1Cl.O=c1c([N+](=O)[O-])c[nH]c2ccc(Br)cc12. The van der Waals surface area contributed by atoms with E-state index in [1.165, 1.54) is 6.20 Å². The summed E-state index contributed by atoms with van der Waals surface area (Å²) in [6.07, 6.45) is 2.27. The molecular weight excluding hydrogens is 547 g/mol. The predicted molar refractivity (Wildman–Crippen MR) is 120 cm³/mol. The minimum atomic E-state index is -0.695. The molecule has 0 saturated carbocycles. The van der Waals surface area contributed by atoms with Crippen molar-refractivity contribution in [1.82, 2.24) is 9.97 Å². The standard InChI is InChI=1S/C9H4BrClN2O2.C9H5BrN2O3/c10-5-1-2-7-6(3-5)9(11)8(4-12-7)13(14)15;10-5-1-2-7-6(3-5)9(13)8(4-11-7)12(14)15/h1-4H;1-4H,(H,11,13). The zero-order valence-corrected chi connectivity index (χ0v) is 18.6. The fourth-order valence-electron chi connectivity index (χ4n) is 2.56. The smallest absolute Gasteiger partial charge is 0.332 e. The van der Waals surface area contributed by atoms with Crippen LogP contribution in [0.3, 0.4) is 0 Å². The Kier molecular flexibility index (Phi) is 6.44. The molecule has 0 bridgehead atoms. The number of rotatable bonds is 2. The molecule has 0 saturated heterocycles. The number of hydrogen-bond donors (Lipinski definition) is 1. The highest BCUT2D eigenvalue weighted by molar-refractivity contribution is 9.10. The van der Waals surface area contributed by atoms with Gasteiger partial charge in [0.1, 0.15) is 11.2 Å². The Morgan fingerprint density at radius 2 is 1.53 bits per heavy atom. The number of nitrogens with one attached hydrogen (secondary N) is 1. The average Bonchev–Trinajstić information content (AvgIpc) is 2.69. The first-order chi connectivity index (χ1) is 14.2. The highest BCUT2D eigenvalue weighted by atomic mass is 79.9. The van der Waals surface area contributed by atoms with E-state index in [0.717, 1.165) is 10.7 Å². The molecule has 2 aromatic heterocycles. The molecule has 2 aromatic carbocycles. The summed E-state index contributed by atoms with van der Waals surface area (Å²) in [4.78, 5) is 38.2. The fourth-order valence-corrected chi connectivity index (χ4v) is 3.56. The third kappa shape index (κ3) is 4.48. The summed E-state index contributed by atoms with van der Waals surface area (Å²) < 4.78 is 1.51. The molecule has 0 amide bonds. The van der Waals surface area contributed by atoms with Crippen molar-refractivity contribution in [2.45, 2.75) is 0 Å². The quantitative estimate of drug-likeness (QED) is 0.247. The van der Waals surface area contributed by atoms with Crippen LogP contribution in [0.25, 0.3) is 21.8 Å². The Morgan fingerprint density at radius 3 is 2.17 bits per heavy atom. The summed E-state index contributed by atoms with van der Waals surface area (Å²) >= 11 is 12.4. The number of pyridine rings is 2. The fraction of sp³-hybridized carbons (Fsp3) is 0. The Morgan fingerprint density at radius 1 is 0.933 bits per heavy atom. The van der Waals surface area contributed by atoms with Crippen LogP contribution in [0.1, 0.15) is 0 Å². The number of nitrogens with zero attached hydrogens (tertiary/aromatic N) is 3. The molecule has 0 aliphatic heterocycles. The lowest BCUT2D eigenvalue weighted by Gasteiger charge is -2.00. The zero-order chi connectivity index (χ0) is 22.0. The van der Waals surface area contributed by atoms with Crippen molar-refractivity contribution in [2.24, 2.45) is 0 Å². The van der Waals surface area contributed by atoms with Gasteiger partial charge in [0, 0.05) is 19.8 Å². The second-order valence-corrected chi connectivity index (χ2v) is 8.04. The summed E-state index contributed by atoms with van der Waals surface area (Å²) in [6.45, 7) is 0. The molecule has 9 nitrogen and oxygen atoms in total. The van der Waals surface area contributed by atoms with Crippen LogP contribution in [0.5, 0.6) is 0 Å². The van der Waals surface area contributed by atoms with Crippen molar-refractivity contribution < 1.29 is 9.85 Å². The summed E-state index contributed by atoms with van der Waals surface area (Å²) in [5.41, 5.74) is 0.0144. The van der Waals surface area contributed by atoms with Gasteiger partial charge in [-0.3, -0.25) is 25.0 Å². The van der Waals surface area contributed by atoms with Gasteiger partial charge >= 0.3 is 11.4 Å². The Hall–Kier alpha value is -2.89. The average molecular weight is 557 g/mol. The van der Waals surface area contributed by atoms with E-state index in [1.807, 2.05) is 0 Å². The molecule has 1 N–H and O–H groups in total. The third-order valence-electron chi connectivity index (χ3n) is 3.96. The molecule has 30 heavy (non-hydrogen) atoms. The molecule has 0 fully saturated rings. The highest BCUT2D eigenvalue weighted by Crippen LogP contribution is 2.32. The van der Waals surface area contributed by atoms with Crippen LogP contribution < -0.4 is 5.43 Å². The summed E-state index contributed by atoms with van der Waals surface area (Å²) in [5.74, 6) is 0. The first-order valence-corrected chi connectivity index (χ1v) is 9.99. The Labute approximate surface area is 189 Å². The Bertz CT molecular complexity index is 1380. The molecule has 152 valence electrons. The van der Waals surface area contributed by atoms with Crippen molar-refractivity contribution in [1.29, 1.82) is 0 Å². The molecule has 4 rings (SSSR count). The number of benzene rings is 2. The summed E-state index contributed by atoms with van der Waals surface area (Å²) in [6, 6.07) is 10.3. The largest absolute Gasteiger partial charge is 0.355 e. The highest BCUT2D eigenvalue weighted by Gasteiger charge is 2.16. The first kappa shape index (κ1) is 21.8. The third-order valence-corrected chi connectivity index (χ3v) is 5.35. The molecule has 0 unspecified atom stereocenters. The maximum atomic E-state index is 11.6. The molecule has 0 aliphatic rings. The Balaban J connectivity index is 0.000000171. The molecule has 12 heteroatoms. The van der Waals surface area contributed by atoms with Gasteiger partial charge < -0.3 is 4.98 Å². The lowest BCUT2D eigenvalue weighted by atomic mass is 10.2. The van der Waals surface area contributed by atoms with Crippen molar-refractivity contribution in [2.75, 3.05) is 0 Å². The van der Waals surface area contributed by atoms with Crippen molar-refractivity contribution in [3.8, 4) is 0 Å². The van der Waals surface area contributed by atoms with E-state index in [2.05, 4.69) is 41.8 Å². The van der Waals surface area contributed by atoms with Crippen LogP contribution in [-0.2, 0) is 0 Å². The van der Waals surface area contributed by atoms with E-state index in [-0.39, 0.29) is 10.7 Å². The number of aromatic amines is 1. The van der Waals surface area contributed by atoms with E-state index < -0.39 is 21.0 Å². The second-order valence-electron chi connectivity index (χ2n) is 5.83. The second kappa shape index (κ2) is 8.86. The van der Waals surface area contributed by atoms with Gasteiger partial charge in [0.15, 0.2) is 0 Å². The van der Waals surface area contributed by atoms with E-state index >= 15 is 0 Å². The van der Waals surface area contributed by atoms with Crippen molar-refractivity contribution >= 4 is 76.6 Å². The lowest BCUT2D eigenvalue weighted by Crippen LogP contribution is -2.08. The maximum Gasteiger partial charge on any atom is 0.332 e. The normalized spacial score (nSPS) is 10.5. The van der Waals surface area contributed by atoms with Gasteiger partial charge in [0.25, 0.3) is 5.43 Å². The molecule has 0 atom stereocenters. The number of nitro groups is 2. The first-order valence-electron chi connectivity index (χ1n) is 8.02. The van der Waals surface area contributed by atoms with Crippen LogP contribution in [0, 0.1) is 20.2 Å². The van der Waals surface area contributed by atoms with Crippen LogP contribution >= 0.6 is 43.5 Å². The molecule has 2 heterocycles. The van der Waals surface area contributed by atoms with Gasteiger partial charge in [-0.25, -0.2) is 4.98 Å². The van der Waals surface area contributed by atoms with Crippen LogP contribution in [0.15, 0.2) is 62.5 Å².